The number of hydrogen-bond donors (Lipinski definition) is 2. The zero-order valence-electron chi connectivity index (χ0n) is 12.6. The van der Waals surface area contributed by atoms with E-state index in [9.17, 15) is 4.79 Å². The maximum absolute atomic E-state index is 11.1. The SMILES string of the molecule is CC(C)(C)c1cc(N)n(-c2cccc(-c3n[nH]c(=O)o3)c2)n1. The quantitative estimate of drug-likeness (QED) is 0.754. The number of H-pyrrole nitrogens is 1. The van der Waals surface area contributed by atoms with Crippen molar-refractivity contribution >= 4 is 5.82 Å². The third-order valence-electron chi connectivity index (χ3n) is 3.28. The van der Waals surface area contributed by atoms with Crippen LogP contribution in [-0.2, 0) is 5.41 Å². The van der Waals surface area contributed by atoms with Gasteiger partial charge in [-0.2, -0.15) is 5.10 Å². The second kappa shape index (κ2) is 4.87. The lowest BCUT2D eigenvalue weighted by Crippen LogP contribution is -2.12. The zero-order valence-corrected chi connectivity index (χ0v) is 12.6. The van der Waals surface area contributed by atoms with Crippen molar-refractivity contribution < 1.29 is 4.42 Å². The average molecular weight is 299 g/mol. The summed E-state index contributed by atoms with van der Waals surface area (Å²) in [5.41, 5.74) is 8.32. The summed E-state index contributed by atoms with van der Waals surface area (Å²) in [6.07, 6.45) is 0. The molecular formula is C15H17N5O2. The Hall–Kier alpha value is -2.83. The average Bonchev–Trinajstić information content (AvgIpc) is 3.05. The molecule has 0 atom stereocenters. The fraction of sp³-hybridized carbons (Fsp3) is 0.267. The van der Waals surface area contributed by atoms with Gasteiger partial charge in [-0.15, -0.1) is 5.10 Å². The second-order valence-electron chi connectivity index (χ2n) is 6.08. The fourth-order valence-electron chi connectivity index (χ4n) is 2.09. The predicted octanol–water partition coefficient (Wildman–Crippen LogP) is 2.10. The van der Waals surface area contributed by atoms with E-state index in [1.165, 1.54) is 0 Å². The highest BCUT2D eigenvalue weighted by molar-refractivity contribution is 5.58. The standard InChI is InChI=1S/C15H17N5O2/c1-15(2,3)11-8-12(16)20(19-11)10-6-4-5-9(7-10)13-17-18-14(21)22-13/h4-8H,16H2,1-3H3,(H,18,21). The van der Waals surface area contributed by atoms with Crippen molar-refractivity contribution in [3.8, 4) is 17.1 Å². The van der Waals surface area contributed by atoms with Crippen LogP contribution in [0.4, 0.5) is 5.82 Å². The third kappa shape index (κ3) is 2.52. The number of aromatic nitrogens is 4. The Morgan fingerprint density at radius 2 is 2.05 bits per heavy atom. The van der Waals surface area contributed by atoms with Gasteiger partial charge in [-0.1, -0.05) is 26.8 Å². The van der Waals surface area contributed by atoms with Gasteiger partial charge in [-0.25, -0.2) is 14.6 Å². The van der Waals surface area contributed by atoms with E-state index in [4.69, 9.17) is 10.2 Å². The van der Waals surface area contributed by atoms with Crippen LogP contribution >= 0.6 is 0 Å². The van der Waals surface area contributed by atoms with Crippen molar-refractivity contribution in [1.29, 1.82) is 0 Å². The molecule has 2 aromatic heterocycles. The van der Waals surface area contributed by atoms with E-state index in [1.54, 1.807) is 10.7 Å². The molecule has 3 N–H and O–H groups in total. The molecule has 7 heteroatoms. The molecule has 7 nitrogen and oxygen atoms in total. The van der Waals surface area contributed by atoms with Crippen molar-refractivity contribution in [2.45, 2.75) is 26.2 Å². The number of rotatable bonds is 2. The van der Waals surface area contributed by atoms with Crippen LogP contribution in [0.25, 0.3) is 17.1 Å². The number of aromatic amines is 1. The number of hydrogen-bond acceptors (Lipinski definition) is 5. The number of nitrogens with zero attached hydrogens (tertiary/aromatic N) is 3. The highest BCUT2D eigenvalue weighted by atomic mass is 16.4. The minimum atomic E-state index is -0.589. The lowest BCUT2D eigenvalue weighted by atomic mass is 9.92. The lowest BCUT2D eigenvalue weighted by molar-refractivity contribution is 0.527. The van der Waals surface area contributed by atoms with E-state index in [-0.39, 0.29) is 11.3 Å². The molecule has 2 heterocycles. The van der Waals surface area contributed by atoms with E-state index < -0.39 is 5.76 Å². The molecule has 1 aromatic carbocycles. The van der Waals surface area contributed by atoms with Gasteiger partial charge in [0.15, 0.2) is 0 Å². The smallest absolute Gasteiger partial charge is 0.388 e. The Morgan fingerprint density at radius 3 is 2.64 bits per heavy atom. The molecule has 0 aliphatic rings. The first-order valence-corrected chi connectivity index (χ1v) is 6.87. The third-order valence-corrected chi connectivity index (χ3v) is 3.28. The first kappa shape index (κ1) is 14.1. The van der Waals surface area contributed by atoms with Crippen LogP contribution in [0.2, 0.25) is 0 Å². The normalized spacial score (nSPS) is 11.8. The summed E-state index contributed by atoms with van der Waals surface area (Å²) < 4.78 is 6.63. The Kier molecular flexibility index (Phi) is 3.13. The molecular weight excluding hydrogens is 282 g/mol. The Morgan fingerprint density at radius 1 is 1.27 bits per heavy atom. The largest absolute Gasteiger partial charge is 0.434 e. The van der Waals surface area contributed by atoms with Crippen LogP contribution in [0.3, 0.4) is 0 Å². The van der Waals surface area contributed by atoms with E-state index in [2.05, 4.69) is 36.1 Å². The second-order valence-corrected chi connectivity index (χ2v) is 6.08. The topological polar surface area (TPSA) is 103 Å². The van der Waals surface area contributed by atoms with E-state index in [0.29, 0.717) is 11.4 Å². The monoisotopic (exact) mass is 299 g/mol. The van der Waals surface area contributed by atoms with Gasteiger partial charge in [-0.3, -0.25) is 0 Å². The molecule has 0 fully saturated rings. The van der Waals surface area contributed by atoms with E-state index >= 15 is 0 Å². The Bertz CT molecular complexity index is 866. The molecule has 0 amide bonds. The minimum absolute atomic E-state index is 0.0913. The molecule has 22 heavy (non-hydrogen) atoms. The summed E-state index contributed by atoms with van der Waals surface area (Å²) in [5.74, 6) is 0.188. The van der Waals surface area contributed by atoms with Crippen molar-refractivity contribution in [2.24, 2.45) is 0 Å². The number of benzene rings is 1. The minimum Gasteiger partial charge on any atom is -0.388 e. The van der Waals surface area contributed by atoms with Crippen LogP contribution in [-0.4, -0.2) is 20.0 Å². The van der Waals surface area contributed by atoms with Gasteiger partial charge in [0.1, 0.15) is 5.82 Å². The Balaban J connectivity index is 2.06. The molecule has 0 radical (unpaired) electrons. The maximum Gasteiger partial charge on any atom is 0.434 e. The summed E-state index contributed by atoms with van der Waals surface area (Å²) >= 11 is 0. The van der Waals surface area contributed by atoms with Crippen LogP contribution in [0.1, 0.15) is 26.5 Å². The van der Waals surface area contributed by atoms with Gasteiger partial charge < -0.3 is 10.2 Å². The molecule has 0 saturated heterocycles. The highest BCUT2D eigenvalue weighted by Crippen LogP contribution is 2.26. The lowest BCUT2D eigenvalue weighted by Gasteiger charge is -2.14. The van der Waals surface area contributed by atoms with Gasteiger partial charge in [0, 0.05) is 17.0 Å². The summed E-state index contributed by atoms with van der Waals surface area (Å²) in [7, 11) is 0. The first-order valence-electron chi connectivity index (χ1n) is 6.87. The van der Waals surface area contributed by atoms with Crippen LogP contribution in [0.15, 0.2) is 39.5 Å². The summed E-state index contributed by atoms with van der Waals surface area (Å²) in [5, 5.41) is 10.6. The molecule has 114 valence electrons. The Labute approximate surface area is 126 Å². The summed E-state index contributed by atoms with van der Waals surface area (Å²) in [4.78, 5) is 11.1. The molecule has 0 saturated carbocycles. The molecule has 0 spiro atoms. The highest BCUT2D eigenvalue weighted by Gasteiger charge is 2.19. The first-order chi connectivity index (χ1) is 10.3. The summed E-state index contributed by atoms with van der Waals surface area (Å²) in [6, 6.07) is 9.19. The van der Waals surface area contributed by atoms with Crippen LogP contribution in [0, 0.1) is 0 Å². The van der Waals surface area contributed by atoms with Crippen molar-refractivity contribution in [2.75, 3.05) is 5.73 Å². The van der Waals surface area contributed by atoms with Gasteiger partial charge in [0.05, 0.1) is 11.4 Å². The van der Waals surface area contributed by atoms with Crippen LogP contribution < -0.4 is 11.5 Å². The molecule has 0 aliphatic heterocycles. The molecule has 0 unspecified atom stereocenters. The zero-order chi connectivity index (χ0) is 15.9. The maximum atomic E-state index is 11.1. The molecule has 0 bridgehead atoms. The molecule has 0 aliphatic carbocycles. The number of anilines is 1. The number of nitrogen functional groups attached to an aromatic ring is 1. The van der Waals surface area contributed by atoms with Gasteiger partial charge in [0.2, 0.25) is 5.89 Å². The molecule has 3 rings (SSSR count). The molecule has 3 aromatic rings. The van der Waals surface area contributed by atoms with Gasteiger partial charge in [-0.05, 0) is 18.2 Å². The van der Waals surface area contributed by atoms with E-state index in [0.717, 1.165) is 11.4 Å². The van der Waals surface area contributed by atoms with Crippen molar-refractivity contribution in [1.82, 2.24) is 20.0 Å². The summed E-state index contributed by atoms with van der Waals surface area (Å²) in [6.45, 7) is 6.23. The number of nitrogens with two attached hydrogens (primary N) is 1. The van der Waals surface area contributed by atoms with Crippen LogP contribution in [0.5, 0.6) is 0 Å². The number of nitrogens with one attached hydrogen (secondary N) is 1. The van der Waals surface area contributed by atoms with E-state index in [1.807, 2.05) is 24.3 Å². The van der Waals surface area contributed by atoms with Gasteiger partial charge in [0.25, 0.3) is 0 Å². The fourth-order valence-corrected chi connectivity index (χ4v) is 2.09. The van der Waals surface area contributed by atoms with Gasteiger partial charge >= 0.3 is 5.76 Å². The predicted molar refractivity (Wildman–Crippen MR) is 82.8 cm³/mol. The van der Waals surface area contributed by atoms with Crippen molar-refractivity contribution in [3.05, 3.63) is 46.6 Å². The van der Waals surface area contributed by atoms with Crippen molar-refractivity contribution in [3.63, 3.8) is 0 Å².